The standard InChI is InChI=1S/C16H14ClNO4/c1-21-16-10-12(8-9-18(19)20)4-7-15(16)22-11-13-2-5-14(17)6-3-13/h2-10H,11H2,1H3. The first kappa shape index (κ1) is 15.9. The van der Waals surface area contributed by atoms with Gasteiger partial charge in [0.15, 0.2) is 11.5 Å². The van der Waals surface area contributed by atoms with E-state index in [0.29, 0.717) is 28.7 Å². The molecule has 0 spiro atoms. The van der Waals surface area contributed by atoms with Crippen LogP contribution in [0.1, 0.15) is 11.1 Å². The summed E-state index contributed by atoms with van der Waals surface area (Å²) in [6.45, 7) is 0.373. The first-order valence-corrected chi connectivity index (χ1v) is 6.83. The van der Waals surface area contributed by atoms with E-state index in [1.54, 1.807) is 30.3 Å². The smallest absolute Gasteiger partial charge is 0.235 e. The quantitative estimate of drug-likeness (QED) is 0.592. The predicted octanol–water partition coefficient (Wildman–Crippen LogP) is 4.18. The number of nitro groups is 1. The summed E-state index contributed by atoms with van der Waals surface area (Å²) in [7, 11) is 1.52. The van der Waals surface area contributed by atoms with E-state index >= 15 is 0 Å². The fourth-order valence-electron chi connectivity index (χ4n) is 1.80. The topological polar surface area (TPSA) is 61.6 Å². The molecule has 0 aliphatic rings. The highest BCUT2D eigenvalue weighted by Crippen LogP contribution is 2.29. The zero-order valence-electron chi connectivity index (χ0n) is 11.9. The van der Waals surface area contributed by atoms with Gasteiger partial charge < -0.3 is 9.47 Å². The molecule has 5 nitrogen and oxygen atoms in total. The molecule has 0 aromatic heterocycles. The van der Waals surface area contributed by atoms with Crippen molar-refractivity contribution in [2.45, 2.75) is 6.61 Å². The van der Waals surface area contributed by atoms with Gasteiger partial charge in [-0.2, -0.15) is 0 Å². The van der Waals surface area contributed by atoms with Gasteiger partial charge in [0.25, 0.3) is 0 Å². The SMILES string of the molecule is COc1cc(C=C[N+](=O)[O-])ccc1OCc1ccc(Cl)cc1. The van der Waals surface area contributed by atoms with E-state index in [9.17, 15) is 10.1 Å². The summed E-state index contributed by atoms with van der Waals surface area (Å²) in [5.41, 5.74) is 1.64. The van der Waals surface area contributed by atoms with Gasteiger partial charge >= 0.3 is 0 Å². The van der Waals surface area contributed by atoms with Crippen LogP contribution in [0.15, 0.2) is 48.7 Å². The van der Waals surface area contributed by atoms with Crippen LogP contribution < -0.4 is 9.47 Å². The molecule has 0 aliphatic carbocycles. The second-order valence-electron chi connectivity index (χ2n) is 4.43. The molecule has 0 bridgehead atoms. The number of methoxy groups -OCH3 is 1. The number of hydrogen-bond acceptors (Lipinski definition) is 4. The normalized spacial score (nSPS) is 10.6. The number of ether oxygens (including phenoxy) is 2. The van der Waals surface area contributed by atoms with Gasteiger partial charge in [0.2, 0.25) is 6.20 Å². The Bertz CT molecular complexity index is 683. The first-order chi connectivity index (χ1) is 10.6. The van der Waals surface area contributed by atoms with E-state index in [4.69, 9.17) is 21.1 Å². The second kappa shape index (κ2) is 7.47. The Morgan fingerprint density at radius 2 is 1.91 bits per heavy atom. The van der Waals surface area contributed by atoms with Gasteiger partial charge in [-0.05, 0) is 35.4 Å². The van der Waals surface area contributed by atoms with Crippen LogP contribution in [0.3, 0.4) is 0 Å². The molecule has 2 aromatic rings. The number of nitrogens with zero attached hydrogens (tertiary/aromatic N) is 1. The molecule has 2 aromatic carbocycles. The molecule has 0 N–H and O–H groups in total. The number of benzene rings is 2. The third-order valence-corrected chi connectivity index (χ3v) is 3.14. The summed E-state index contributed by atoms with van der Waals surface area (Å²) in [5, 5.41) is 11.0. The maximum absolute atomic E-state index is 10.3. The summed E-state index contributed by atoms with van der Waals surface area (Å²) in [5.74, 6) is 1.08. The number of rotatable bonds is 6. The fourth-order valence-corrected chi connectivity index (χ4v) is 1.92. The fraction of sp³-hybridized carbons (Fsp3) is 0.125. The Balaban J connectivity index is 2.10. The van der Waals surface area contributed by atoms with Crippen LogP contribution in [0.2, 0.25) is 5.02 Å². The van der Waals surface area contributed by atoms with Crippen LogP contribution in [0, 0.1) is 10.1 Å². The zero-order chi connectivity index (χ0) is 15.9. The van der Waals surface area contributed by atoms with Crippen LogP contribution in [0.4, 0.5) is 0 Å². The molecule has 0 saturated heterocycles. The van der Waals surface area contributed by atoms with Crippen molar-refractivity contribution in [1.29, 1.82) is 0 Å². The molecule has 0 amide bonds. The molecule has 0 radical (unpaired) electrons. The average Bonchev–Trinajstić information content (AvgIpc) is 2.52. The van der Waals surface area contributed by atoms with Crippen molar-refractivity contribution < 1.29 is 14.4 Å². The van der Waals surface area contributed by atoms with Crippen molar-refractivity contribution in [3.8, 4) is 11.5 Å². The Labute approximate surface area is 132 Å². The maximum Gasteiger partial charge on any atom is 0.235 e. The van der Waals surface area contributed by atoms with E-state index in [0.717, 1.165) is 11.8 Å². The van der Waals surface area contributed by atoms with Crippen molar-refractivity contribution in [3.05, 3.63) is 74.9 Å². The molecule has 6 heteroatoms. The van der Waals surface area contributed by atoms with Crippen LogP contribution in [-0.4, -0.2) is 12.0 Å². The van der Waals surface area contributed by atoms with Gasteiger partial charge in [-0.25, -0.2) is 0 Å². The summed E-state index contributed by atoms with van der Waals surface area (Å²) >= 11 is 5.83. The van der Waals surface area contributed by atoms with Crippen LogP contribution in [-0.2, 0) is 6.61 Å². The monoisotopic (exact) mass is 319 g/mol. The molecule has 0 saturated carbocycles. The van der Waals surface area contributed by atoms with Crippen molar-refractivity contribution in [2.75, 3.05) is 7.11 Å². The van der Waals surface area contributed by atoms with E-state index in [1.165, 1.54) is 13.2 Å². The Kier molecular flexibility index (Phi) is 5.38. The zero-order valence-corrected chi connectivity index (χ0v) is 12.6. The lowest BCUT2D eigenvalue weighted by atomic mass is 10.2. The minimum atomic E-state index is -0.516. The van der Waals surface area contributed by atoms with Gasteiger partial charge in [0.05, 0.1) is 12.0 Å². The second-order valence-corrected chi connectivity index (χ2v) is 4.86. The van der Waals surface area contributed by atoms with Gasteiger partial charge in [0, 0.05) is 11.1 Å². The Morgan fingerprint density at radius 3 is 2.55 bits per heavy atom. The predicted molar refractivity (Wildman–Crippen MR) is 84.8 cm³/mol. The largest absolute Gasteiger partial charge is 0.493 e. The van der Waals surface area contributed by atoms with Crippen molar-refractivity contribution in [3.63, 3.8) is 0 Å². The van der Waals surface area contributed by atoms with Gasteiger partial charge in [-0.3, -0.25) is 10.1 Å². The molecular weight excluding hydrogens is 306 g/mol. The summed E-state index contributed by atoms with van der Waals surface area (Å²) in [6, 6.07) is 12.5. The molecule has 0 fully saturated rings. The molecule has 2 rings (SSSR count). The lowest BCUT2D eigenvalue weighted by molar-refractivity contribution is -0.400. The molecular formula is C16H14ClNO4. The van der Waals surface area contributed by atoms with Crippen molar-refractivity contribution >= 4 is 17.7 Å². The summed E-state index contributed by atoms with van der Waals surface area (Å²) in [6.07, 6.45) is 2.27. The van der Waals surface area contributed by atoms with Gasteiger partial charge in [-0.15, -0.1) is 0 Å². The highest BCUT2D eigenvalue weighted by molar-refractivity contribution is 6.30. The third-order valence-electron chi connectivity index (χ3n) is 2.88. The minimum Gasteiger partial charge on any atom is -0.493 e. The lowest BCUT2D eigenvalue weighted by Crippen LogP contribution is -1.97. The van der Waals surface area contributed by atoms with Crippen LogP contribution in [0.5, 0.6) is 11.5 Å². The highest BCUT2D eigenvalue weighted by atomic mass is 35.5. The van der Waals surface area contributed by atoms with Crippen molar-refractivity contribution in [2.24, 2.45) is 0 Å². The summed E-state index contributed by atoms with van der Waals surface area (Å²) in [4.78, 5) is 9.81. The average molecular weight is 320 g/mol. The molecule has 0 aliphatic heterocycles. The number of halogens is 1. The van der Waals surface area contributed by atoms with Gasteiger partial charge in [-0.1, -0.05) is 29.8 Å². The number of hydrogen-bond donors (Lipinski definition) is 0. The molecule has 0 unspecified atom stereocenters. The summed E-state index contributed by atoms with van der Waals surface area (Å²) < 4.78 is 11.0. The van der Waals surface area contributed by atoms with Crippen LogP contribution in [0.25, 0.3) is 6.08 Å². The molecule has 22 heavy (non-hydrogen) atoms. The van der Waals surface area contributed by atoms with Gasteiger partial charge in [0.1, 0.15) is 6.61 Å². The van der Waals surface area contributed by atoms with E-state index in [1.807, 2.05) is 12.1 Å². The first-order valence-electron chi connectivity index (χ1n) is 6.45. The highest BCUT2D eigenvalue weighted by Gasteiger charge is 2.06. The Hall–Kier alpha value is -2.53. The van der Waals surface area contributed by atoms with E-state index in [2.05, 4.69) is 0 Å². The van der Waals surface area contributed by atoms with E-state index < -0.39 is 4.92 Å². The molecule has 114 valence electrons. The maximum atomic E-state index is 10.3. The Morgan fingerprint density at radius 1 is 1.18 bits per heavy atom. The van der Waals surface area contributed by atoms with Crippen LogP contribution >= 0.6 is 11.6 Å². The minimum absolute atomic E-state index is 0.373. The molecule has 0 atom stereocenters. The van der Waals surface area contributed by atoms with E-state index in [-0.39, 0.29) is 0 Å². The van der Waals surface area contributed by atoms with Crippen molar-refractivity contribution in [1.82, 2.24) is 0 Å². The third kappa shape index (κ3) is 4.49. The lowest BCUT2D eigenvalue weighted by Gasteiger charge is -2.11. The molecule has 0 heterocycles.